The molecule has 2 aromatic rings. The third-order valence-corrected chi connectivity index (χ3v) is 4.88. The highest BCUT2D eigenvalue weighted by atomic mass is 16.5. The first-order chi connectivity index (χ1) is 17.4. The molecule has 0 spiro atoms. The Kier molecular flexibility index (Phi) is 12.3. The molecule has 0 saturated heterocycles. The zero-order valence-electron chi connectivity index (χ0n) is 20.5. The van der Waals surface area contributed by atoms with Gasteiger partial charge in [-0.05, 0) is 80.6 Å². The molecule has 8 nitrogen and oxygen atoms in total. The van der Waals surface area contributed by atoms with Crippen LogP contribution in [-0.4, -0.2) is 44.3 Å². The monoisotopic (exact) mass is 496 g/mol. The Labute approximate surface area is 211 Å². The van der Waals surface area contributed by atoms with Gasteiger partial charge in [0.25, 0.3) is 0 Å². The second-order valence-corrected chi connectivity index (χ2v) is 7.70. The van der Waals surface area contributed by atoms with Gasteiger partial charge in [0.05, 0.1) is 32.0 Å². The number of ether oxygens (including phenoxy) is 5. The summed E-state index contributed by atoms with van der Waals surface area (Å²) in [6.07, 6.45) is 5.08. The molecular weight excluding hydrogens is 464 g/mol. The summed E-state index contributed by atoms with van der Waals surface area (Å²) in [6.45, 7) is 10.1. The largest absolute Gasteiger partial charge is 0.494 e. The van der Waals surface area contributed by atoms with Crippen LogP contribution in [0.3, 0.4) is 0 Å². The highest BCUT2D eigenvalue weighted by molar-refractivity contribution is 5.91. The number of hydrogen-bond donors (Lipinski definition) is 0. The lowest BCUT2D eigenvalue weighted by Crippen LogP contribution is -2.09. The zero-order chi connectivity index (χ0) is 26.2. The number of rotatable bonds is 16. The van der Waals surface area contributed by atoms with E-state index in [1.807, 2.05) is 6.92 Å². The average Bonchev–Trinajstić information content (AvgIpc) is 2.89. The average molecular weight is 497 g/mol. The summed E-state index contributed by atoms with van der Waals surface area (Å²) in [6, 6.07) is 11.9. The van der Waals surface area contributed by atoms with Crippen molar-refractivity contribution in [3.05, 3.63) is 78.9 Å². The molecule has 8 heteroatoms. The van der Waals surface area contributed by atoms with Crippen molar-refractivity contribution in [3.8, 4) is 17.2 Å². The van der Waals surface area contributed by atoms with Gasteiger partial charge in [-0.25, -0.2) is 14.4 Å². The summed E-state index contributed by atoms with van der Waals surface area (Å²) in [5, 5.41) is 0. The van der Waals surface area contributed by atoms with Crippen LogP contribution < -0.4 is 14.2 Å². The van der Waals surface area contributed by atoms with Crippen LogP contribution in [0.25, 0.3) is 0 Å². The smallest absolute Gasteiger partial charge is 0.343 e. The van der Waals surface area contributed by atoms with Crippen molar-refractivity contribution < 1.29 is 38.1 Å². The van der Waals surface area contributed by atoms with Crippen molar-refractivity contribution in [1.82, 2.24) is 0 Å². The fourth-order valence-corrected chi connectivity index (χ4v) is 2.92. The van der Waals surface area contributed by atoms with Crippen LogP contribution >= 0.6 is 0 Å². The molecule has 0 fully saturated rings. The third-order valence-electron chi connectivity index (χ3n) is 4.88. The summed E-state index contributed by atoms with van der Waals surface area (Å²) in [7, 11) is 0. The molecule has 0 saturated carbocycles. The first-order valence-electron chi connectivity index (χ1n) is 11.7. The Hall–Kier alpha value is -4.07. The molecule has 2 rings (SSSR count). The maximum atomic E-state index is 12.5. The molecule has 0 aromatic heterocycles. The van der Waals surface area contributed by atoms with Crippen molar-refractivity contribution in [1.29, 1.82) is 0 Å². The number of unbranched alkanes of at least 4 members (excludes halogenated alkanes) is 2. The number of hydrogen-bond acceptors (Lipinski definition) is 8. The van der Waals surface area contributed by atoms with E-state index in [2.05, 4.69) is 13.2 Å². The van der Waals surface area contributed by atoms with E-state index in [1.54, 1.807) is 42.5 Å². The van der Waals surface area contributed by atoms with Crippen LogP contribution in [0.5, 0.6) is 17.2 Å². The van der Waals surface area contributed by atoms with Gasteiger partial charge >= 0.3 is 17.9 Å². The summed E-state index contributed by atoms with van der Waals surface area (Å²) in [4.78, 5) is 34.5. The Morgan fingerprint density at radius 1 is 0.722 bits per heavy atom. The molecule has 0 aliphatic heterocycles. The van der Waals surface area contributed by atoms with E-state index in [1.165, 1.54) is 0 Å². The lowest BCUT2D eigenvalue weighted by atomic mass is 10.2. The highest BCUT2D eigenvalue weighted by Crippen LogP contribution is 2.25. The van der Waals surface area contributed by atoms with E-state index < -0.39 is 17.9 Å². The standard InChI is InChI=1S/C28H32O8/c1-4-26(29)34-18-8-6-16-32-23-12-10-22(11-13-23)28(31)36-25-15-14-24(20-21(25)3)33-17-7-9-19-35-27(30)5-2/h4-5,10-15,20H,1-2,6-9,16-19H2,3H3. The molecule has 2 aromatic carbocycles. The summed E-state index contributed by atoms with van der Waals surface area (Å²) < 4.78 is 26.7. The van der Waals surface area contributed by atoms with E-state index >= 15 is 0 Å². The summed E-state index contributed by atoms with van der Waals surface area (Å²) >= 11 is 0. The molecule has 0 aliphatic carbocycles. The number of carbonyl (C=O) groups is 3. The van der Waals surface area contributed by atoms with E-state index in [9.17, 15) is 14.4 Å². The Balaban J connectivity index is 1.72. The molecular formula is C28H32O8. The van der Waals surface area contributed by atoms with Crippen LogP contribution in [0, 0.1) is 6.92 Å². The Morgan fingerprint density at radius 2 is 1.22 bits per heavy atom. The minimum atomic E-state index is -0.476. The quantitative estimate of drug-likeness (QED) is 0.139. The molecule has 0 N–H and O–H groups in total. The van der Waals surface area contributed by atoms with E-state index in [4.69, 9.17) is 23.7 Å². The van der Waals surface area contributed by atoms with Crippen LogP contribution in [0.4, 0.5) is 0 Å². The third kappa shape index (κ3) is 10.5. The van der Waals surface area contributed by atoms with Gasteiger partial charge in [0.2, 0.25) is 0 Å². The van der Waals surface area contributed by atoms with Crippen molar-refractivity contribution in [2.75, 3.05) is 26.4 Å². The van der Waals surface area contributed by atoms with Gasteiger partial charge in [-0.15, -0.1) is 0 Å². The van der Waals surface area contributed by atoms with Crippen LogP contribution in [0.15, 0.2) is 67.8 Å². The van der Waals surface area contributed by atoms with Gasteiger partial charge in [-0.2, -0.15) is 0 Å². The highest BCUT2D eigenvalue weighted by Gasteiger charge is 2.11. The molecule has 0 aliphatic rings. The Morgan fingerprint density at radius 3 is 1.75 bits per heavy atom. The lowest BCUT2D eigenvalue weighted by molar-refractivity contribution is -0.138. The topological polar surface area (TPSA) is 97.4 Å². The SMILES string of the molecule is C=CC(=O)OCCCCOc1ccc(C(=O)Oc2ccc(OCCCCOC(=O)C=C)cc2C)cc1. The second-order valence-electron chi connectivity index (χ2n) is 7.70. The van der Waals surface area contributed by atoms with Crippen LogP contribution in [0.2, 0.25) is 0 Å². The predicted molar refractivity (Wildman–Crippen MR) is 134 cm³/mol. The minimum absolute atomic E-state index is 0.320. The summed E-state index contributed by atoms with van der Waals surface area (Å²) in [5.74, 6) is 0.396. The summed E-state index contributed by atoms with van der Waals surface area (Å²) in [5.41, 5.74) is 1.16. The predicted octanol–water partition coefficient (Wildman–Crippen LogP) is 4.99. The minimum Gasteiger partial charge on any atom is -0.494 e. The molecule has 0 radical (unpaired) electrons. The Bertz CT molecular complexity index is 1030. The maximum absolute atomic E-state index is 12.5. The van der Waals surface area contributed by atoms with Crippen LogP contribution in [0.1, 0.15) is 41.6 Å². The van der Waals surface area contributed by atoms with Gasteiger partial charge < -0.3 is 23.7 Å². The normalized spacial score (nSPS) is 10.1. The first-order valence-corrected chi connectivity index (χ1v) is 11.7. The number of esters is 3. The van der Waals surface area contributed by atoms with E-state index in [0.29, 0.717) is 62.1 Å². The van der Waals surface area contributed by atoms with Crippen molar-refractivity contribution in [3.63, 3.8) is 0 Å². The van der Waals surface area contributed by atoms with Crippen molar-refractivity contribution in [2.45, 2.75) is 32.6 Å². The molecule has 0 heterocycles. The maximum Gasteiger partial charge on any atom is 0.343 e. The van der Waals surface area contributed by atoms with E-state index in [-0.39, 0.29) is 0 Å². The number of carbonyl (C=O) groups excluding carboxylic acids is 3. The van der Waals surface area contributed by atoms with Gasteiger partial charge in [-0.3, -0.25) is 0 Å². The first kappa shape index (κ1) is 28.2. The van der Waals surface area contributed by atoms with Gasteiger partial charge in [0.15, 0.2) is 0 Å². The van der Waals surface area contributed by atoms with Crippen molar-refractivity contribution in [2.24, 2.45) is 0 Å². The molecule has 0 unspecified atom stereocenters. The van der Waals surface area contributed by atoms with Crippen molar-refractivity contribution >= 4 is 17.9 Å². The fraction of sp³-hybridized carbons (Fsp3) is 0.321. The van der Waals surface area contributed by atoms with Gasteiger partial charge in [0, 0.05) is 12.2 Å². The fourth-order valence-electron chi connectivity index (χ4n) is 2.92. The molecule has 0 amide bonds. The lowest BCUT2D eigenvalue weighted by Gasteiger charge is -2.11. The molecule has 0 bridgehead atoms. The molecule has 192 valence electrons. The second kappa shape index (κ2) is 15.8. The van der Waals surface area contributed by atoms with Gasteiger partial charge in [0.1, 0.15) is 17.2 Å². The van der Waals surface area contributed by atoms with Crippen LogP contribution in [-0.2, 0) is 19.1 Å². The van der Waals surface area contributed by atoms with E-state index in [0.717, 1.165) is 30.6 Å². The van der Waals surface area contributed by atoms with Gasteiger partial charge in [-0.1, -0.05) is 13.2 Å². The zero-order valence-corrected chi connectivity index (χ0v) is 20.5. The number of benzene rings is 2. The molecule has 0 atom stereocenters. The molecule has 36 heavy (non-hydrogen) atoms. The number of aryl methyl sites for hydroxylation is 1.